The van der Waals surface area contributed by atoms with Gasteiger partial charge in [-0.3, -0.25) is 0 Å². The van der Waals surface area contributed by atoms with E-state index in [-0.39, 0.29) is 11.8 Å². The summed E-state index contributed by atoms with van der Waals surface area (Å²) in [6.07, 6.45) is -3.01. The zero-order valence-corrected chi connectivity index (χ0v) is 9.46. The standard InChI is InChI=1S/C10H7ClF2N2O2/c1-2-17-10(16)5-3-7(11)15-6(4-14)8(5)9(12)13/h3,9H,2H2,1H3. The smallest absolute Gasteiger partial charge is 0.338 e. The van der Waals surface area contributed by atoms with E-state index in [4.69, 9.17) is 16.9 Å². The molecule has 90 valence electrons. The van der Waals surface area contributed by atoms with Crippen molar-refractivity contribution in [3.63, 3.8) is 0 Å². The molecule has 4 nitrogen and oxygen atoms in total. The number of carbonyl (C=O) groups is 1. The molecule has 1 aromatic rings. The molecular weight excluding hydrogens is 254 g/mol. The van der Waals surface area contributed by atoms with Crippen molar-refractivity contribution in [2.24, 2.45) is 0 Å². The van der Waals surface area contributed by atoms with E-state index in [0.29, 0.717) is 0 Å². The lowest BCUT2D eigenvalue weighted by molar-refractivity contribution is 0.0515. The van der Waals surface area contributed by atoms with Crippen LogP contribution in [0.15, 0.2) is 6.07 Å². The molecular formula is C10H7ClF2N2O2. The highest BCUT2D eigenvalue weighted by Crippen LogP contribution is 2.28. The second-order valence-corrected chi connectivity index (χ2v) is 3.28. The van der Waals surface area contributed by atoms with Crippen LogP contribution in [0.25, 0.3) is 0 Å². The average Bonchev–Trinajstić information content (AvgIpc) is 2.27. The fourth-order valence-electron chi connectivity index (χ4n) is 1.21. The maximum absolute atomic E-state index is 12.8. The van der Waals surface area contributed by atoms with Gasteiger partial charge in [0.1, 0.15) is 11.2 Å². The topological polar surface area (TPSA) is 63.0 Å². The Morgan fingerprint density at radius 2 is 2.35 bits per heavy atom. The molecule has 0 unspecified atom stereocenters. The zero-order chi connectivity index (χ0) is 13.0. The zero-order valence-electron chi connectivity index (χ0n) is 8.71. The molecule has 0 aliphatic heterocycles. The number of alkyl halides is 2. The van der Waals surface area contributed by atoms with Crippen LogP contribution >= 0.6 is 11.6 Å². The summed E-state index contributed by atoms with van der Waals surface area (Å²) in [5.74, 6) is -0.955. The Morgan fingerprint density at radius 3 is 2.82 bits per heavy atom. The van der Waals surface area contributed by atoms with E-state index in [2.05, 4.69) is 9.72 Å². The predicted molar refractivity (Wildman–Crippen MR) is 54.9 cm³/mol. The Balaban J connectivity index is 3.42. The first kappa shape index (κ1) is 13.3. The maximum Gasteiger partial charge on any atom is 0.338 e. The third-order valence-corrected chi connectivity index (χ3v) is 2.04. The van der Waals surface area contributed by atoms with E-state index in [0.717, 1.165) is 6.07 Å². The molecule has 0 fully saturated rings. The van der Waals surface area contributed by atoms with Crippen molar-refractivity contribution in [2.45, 2.75) is 13.3 Å². The summed E-state index contributed by atoms with van der Waals surface area (Å²) in [6, 6.07) is 2.43. The van der Waals surface area contributed by atoms with Gasteiger partial charge in [-0.25, -0.2) is 18.6 Å². The number of nitrogens with zero attached hydrogens (tertiary/aromatic N) is 2. The first-order chi connectivity index (χ1) is 8.01. The van der Waals surface area contributed by atoms with Crippen molar-refractivity contribution < 1.29 is 18.3 Å². The van der Waals surface area contributed by atoms with Crippen LogP contribution in [0.1, 0.15) is 35.0 Å². The number of carbonyl (C=O) groups excluding carboxylic acids is 1. The second-order valence-electron chi connectivity index (χ2n) is 2.89. The Bertz CT molecular complexity index is 486. The number of aromatic nitrogens is 1. The van der Waals surface area contributed by atoms with Crippen molar-refractivity contribution in [1.82, 2.24) is 4.98 Å². The SMILES string of the molecule is CCOC(=O)c1cc(Cl)nc(C#N)c1C(F)F. The minimum atomic E-state index is -3.01. The quantitative estimate of drug-likeness (QED) is 0.619. The molecule has 0 saturated carbocycles. The Hall–Kier alpha value is -1.74. The minimum Gasteiger partial charge on any atom is -0.462 e. The summed E-state index contributed by atoms with van der Waals surface area (Å²) in [4.78, 5) is 14.9. The summed E-state index contributed by atoms with van der Waals surface area (Å²) in [6.45, 7) is 1.57. The monoisotopic (exact) mass is 260 g/mol. The van der Waals surface area contributed by atoms with Crippen LogP contribution in [-0.4, -0.2) is 17.6 Å². The molecule has 0 N–H and O–H groups in total. The Kier molecular flexibility index (Phi) is 4.35. The summed E-state index contributed by atoms with van der Waals surface area (Å²) in [5, 5.41) is 8.46. The first-order valence-electron chi connectivity index (χ1n) is 4.57. The summed E-state index contributed by atoms with van der Waals surface area (Å²) in [7, 11) is 0. The first-order valence-corrected chi connectivity index (χ1v) is 4.94. The highest BCUT2D eigenvalue weighted by Gasteiger charge is 2.25. The van der Waals surface area contributed by atoms with Crippen molar-refractivity contribution in [3.8, 4) is 6.07 Å². The second kappa shape index (κ2) is 5.55. The average molecular weight is 261 g/mol. The van der Waals surface area contributed by atoms with Gasteiger partial charge in [-0.15, -0.1) is 0 Å². The summed E-state index contributed by atoms with van der Waals surface area (Å²) >= 11 is 5.53. The van der Waals surface area contributed by atoms with E-state index in [1.54, 1.807) is 0 Å². The number of ether oxygens (including phenoxy) is 1. The van der Waals surface area contributed by atoms with Gasteiger partial charge < -0.3 is 4.74 Å². The van der Waals surface area contributed by atoms with Gasteiger partial charge in [0.2, 0.25) is 0 Å². The lowest BCUT2D eigenvalue weighted by Crippen LogP contribution is -2.11. The van der Waals surface area contributed by atoms with E-state index in [1.165, 1.54) is 13.0 Å². The molecule has 0 saturated heterocycles. The Labute approximate surface area is 101 Å². The van der Waals surface area contributed by atoms with Gasteiger partial charge in [0, 0.05) is 0 Å². The number of halogens is 3. The maximum atomic E-state index is 12.8. The number of nitriles is 1. The van der Waals surface area contributed by atoms with Gasteiger partial charge in [0.25, 0.3) is 6.43 Å². The number of rotatable bonds is 3. The number of pyridine rings is 1. The van der Waals surface area contributed by atoms with E-state index >= 15 is 0 Å². The van der Waals surface area contributed by atoms with Gasteiger partial charge in [0.15, 0.2) is 5.69 Å². The highest BCUT2D eigenvalue weighted by molar-refractivity contribution is 6.29. The molecule has 0 aliphatic rings. The lowest BCUT2D eigenvalue weighted by Gasteiger charge is -2.09. The van der Waals surface area contributed by atoms with Gasteiger partial charge in [-0.1, -0.05) is 11.6 Å². The molecule has 7 heteroatoms. The van der Waals surface area contributed by atoms with Crippen LogP contribution < -0.4 is 0 Å². The summed E-state index contributed by atoms with van der Waals surface area (Å²) < 4.78 is 30.1. The van der Waals surface area contributed by atoms with Gasteiger partial charge in [-0.05, 0) is 13.0 Å². The molecule has 0 aliphatic carbocycles. The number of esters is 1. The molecule has 1 aromatic heterocycles. The van der Waals surface area contributed by atoms with Crippen molar-refractivity contribution in [1.29, 1.82) is 5.26 Å². The molecule has 17 heavy (non-hydrogen) atoms. The van der Waals surface area contributed by atoms with E-state index in [9.17, 15) is 13.6 Å². The number of hydrogen-bond donors (Lipinski definition) is 0. The van der Waals surface area contributed by atoms with E-state index in [1.807, 2.05) is 0 Å². The molecule has 0 radical (unpaired) electrons. The molecule has 0 spiro atoms. The molecule has 1 heterocycles. The third kappa shape index (κ3) is 2.88. The number of hydrogen-bond acceptors (Lipinski definition) is 4. The van der Waals surface area contributed by atoms with Crippen molar-refractivity contribution in [2.75, 3.05) is 6.61 Å². The molecule has 0 bridgehead atoms. The summed E-state index contributed by atoms with van der Waals surface area (Å²) in [5.41, 5.74) is -1.76. The lowest BCUT2D eigenvalue weighted by atomic mass is 10.1. The van der Waals surface area contributed by atoms with Gasteiger partial charge in [0.05, 0.1) is 17.7 Å². The third-order valence-electron chi connectivity index (χ3n) is 1.85. The van der Waals surface area contributed by atoms with Crippen LogP contribution in [0.4, 0.5) is 8.78 Å². The molecule has 0 aromatic carbocycles. The van der Waals surface area contributed by atoms with E-state index < -0.39 is 29.2 Å². The Morgan fingerprint density at radius 1 is 1.71 bits per heavy atom. The van der Waals surface area contributed by atoms with Gasteiger partial charge >= 0.3 is 5.97 Å². The van der Waals surface area contributed by atoms with Crippen molar-refractivity contribution in [3.05, 3.63) is 28.0 Å². The fourth-order valence-corrected chi connectivity index (χ4v) is 1.40. The van der Waals surface area contributed by atoms with Crippen molar-refractivity contribution >= 4 is 17.6 Å². The van der Waals surface area contributed by atoms with Gasteiger partial charge in [-0.2, -0.15) is 5.26 Å². The molecule has 0 amide bonds. The largest absolute Gasteiger partial charge is 0.462 e. The van der Waals surface area contributed by atoms with Crippen LogP contribution in [0.5, 0.6) is 0 Å². The van der Waals surface area contributed by atoms with Crippen LogP contribution in [0.3, 0.4) is 0 Å². The van der Waals surface area contributed by atoms with Crippen LogP contribution in [0.2, 0.25) is 5.15 Å². The normalized spacial score (nSPS) is 10.1. The van der Waals surface area contributed by atoms with Crippen LogP contribution in [-0.2, 0) is 4.74 Å². The van der Waals surface area contributed by atoms with Crippen LogP contribution in [0, 0.1) is 11.3 Å². The minimum absolute atomic E-state index is 0.0311. The molecule has 1 rings (SSSR count). The fraction of sp³-hybridized carbons (Fsp3) is 0.300. The highest BCUT2D eigenvalue weighted by atomic mass is 35.5. The molecule has 0 atom stereocenters. The predicted octanol–water partition coefficient (Wildman–Crippen LogP) is 2.72.